The molecule has 4 aromatic rings. The Balaban J connectivity index is 1.59. The van der Waals surface area contributed by atoms with E-state index in [4.69, 9.17) is 32.7 Å². The first-order valence-electron chi connectivity index (χ1n) is 16.9. The molecule has 2 amide bonds. The predicted molar refractivity (Wildman–Crippen MR) is 201 cm³/mol. The molecule has 12 heteroatoms. The molecule has 0 aromatic heterocycles. The van der Waals surface area contributed by atoms with Gasteiger partial charge >= 0.3 is 0 Å². The lowest BCUT2D eigenvalue weighted by Crippen LogP contribution is -2.55. The Bertz CT molecular complexity index is 1920. The number of aryl methyl sites for hydroxylation is 1. The molecule has 0 saturated heterocycles. The van der Waals surface area contributed by atoms with Crippen LogP contribution in [0.25, 0.3) is 0 Å². The summed E-state index contributed by atoms with van der Waals surface area (Å²) in [6.45, 7) is 1.22. The van der Waals surface area contributed by atoms with Crippen LogP contribution in [0.1, 0.15) is 48.8 Å². The second-order valence-corrected chi connectivity index (χ2v) is 15.4. The lowest BCUT2D eigenvalue weighted by molar-refractivity contribution is -0.140. The maximum absolute atomic E-state index is 14.8. The zero-order valence-corrected chi connectivity index (χ0v) is 31.3. The van der Waals surface area contributed by atoms with Gasteiger partial charge in [-0.3, -0.25) is 13.9 Å². The number of ether oxygens (including phenoxy) is 2. The van der Waals surface area contributed by atoms with E-state index in [1.54, 1.807) is 42.5 Å². The molecule has 1 saturated carbocycles. The molecular weight excluding hydrogens is 709 g/mol. The van der Waals surface area contributed by atoms with Crippen LogP contribution in [0, 0.1) is 6.92 Å². The molecule has 1 atom stereocenters. The van der Waals surface area contributed by atoms with E-state index in [2.05, 4.69) is 5.32 Å². The fraction of sp³-hybridized carbons (Fsp3) is 0.333. The number of nitrogens with one attached hydrogen (secondary N) is 1. The van der Waals surface area contributed by atoms with E-state index >= 15 is 0 Å². The summed E-state index contributed by atoms with van der Waals surface area (Å²) in [7, 11) is -1.48. The van der Waals surface area contributed by atoms with Crippen molar-refractivity contribution in [1.29, 1.82) is 0 Å². The van der Waals surface area contributed by atoms with Crippen molar-refractivity contribution in [2.75, 3.05) is 25.1 Å². The highest BCUT2D eigenvalue weighted by Gasteiger charge is 2.36. The van der Waals surface area contributed by atoms with Gasteiger partial charge in [0, 0.05) is 35.1 Å². The highest BCUT2D eigenvalue weighted by Crippen LogP contribution is 2.33. The van der Waals surface area contributed by atoms with Gasteiger partial charge in [0.25, 0.3) is 10.0 Å². The molecule has 5 rings (SSSR count). The second kappa shape index (κ2) is 17.3. The van der Waals surface area contributed by atoms with Crippen molar-refractivity contribution >= 4 is 50.7 Å². The van der Waals surface area contributed by atoms with Crippen molar-refractivity contribution in [3.05, 3.63) is 118 Å². The zero-order chi connectivity index (χ0) is 36.5. The van der Waals surface area contributed by atoms with Crippen LogP contribution in [0.2, 0.25) is 10.0 Å². The summed E-state index contributed by atoms with van der Waals surface area (Å²) in [6.07, 6.45) is 5.04. The quantitative estimate of drug-likeness (QED) is 0.142. The first-order chi connectivity index (χ1) is 24.5. The Morgan fingerprint density at radius 2 is 1.55 bits per heavy atom. The van der Waals surface area contributed by atoms with E-state index in [9.17, 15) is 18.0 Å². The predicted octanol–water partition coefficient (Wildman–Crippen LogP) is 7.60. The van der Waals surface area contributed by atoms with Crippen LogP contribution in [-0.4, -0.2) is 58.0 Å². The fourth-order valence-corrected chi connectivity index (χ4v) is 8.17. The van der Waals surface area contributed by atoms with E-state index < -0.39 is 28.5 Å². The second-order valence-electron chi connectivity index (χ2n) is 12.7. The number of sulfonamides is 1. The number of hydrogen-bond donors (Lipinski definition) is 1. The third kappa shape index (κ3) is 9.55. The normalized spacial score (nSPS) is 14.0. The largest absolute Gasteiger partial charge is 0.493 e. The van der Waals surface area contributed by atoms with Crippen molar-refractivity contribution in [2.24, 2.45) is 0 Å². The van der Waals surface area contributed by atoms with Crippen LogP contribution < -0.4 is 19.1 Å². The van der Waals surface area contributed by atoms with Gasteiger partial charge in [0.05, 0.1) is 24.8 Å². The third-order valence-electron chi connectivity index (χ3n) is 9.12. The highest BCUT2D eigenvalue weighted by atomic mass is 35.5. The molecule has 1 aliphatic carbocycles. The van der Waals surface area contributed by atoms with Crippen LogP contribution in [0.15, 0.2) is 95.9 Å². The van der Waals surface area contributed by atoms with Gasteiger partial charge in [-0.1, -0.05) is 96.6 Å². The monoisotopic (exact) mass is 751 g/mol. The molecule has 0 bridgehead atoms. The summed E-state index contributed by atoms with van der Waals surface area (Å²) < 4.78 is 40.8. The van der Waals surface area contributed by atoms with Crippen LogP contribution in [0.5, 0.6) is 11.5 Å². The number of benzene rings is 4. The van der Waals surface area contributed by atoms with Gasteiger partial charge in [-0.15, -0.1) is 0 Å². The van der Waals surface area contributed by atoms with E-state index in [1.165, 1.54) is 37.3 Å². The van der Waals surface area contributed by atoms with Crippen molar-refractivity contribution in [2.45, 2.75) is 69.0 Å². The minimum atomic E-state index is -4.36. The van der Waals surface area contributed by atoms with Crippen molar-refractivity contribution in [3.8, 4) is 11.5 Å². The van der Waals surface area contributed by atoms with Crippen molar-refractivity contribution in [3.63, 3.8) is 0 Å². The summed E-state index contributed by atoms with van der Waals surface area (Å²) in [5, 5.41) is 3.95. The van der Waals surface area contributed by atoms with E-state index in [0.717, 1.165) is 47.5 Å². The molecule has 0 aliphatic heterocycles. The van der Waals surface area contributed by atoms with Crippen LogP contribution in [0.3, 0.4) is 0 Å². The van der Waals surface area contributed by atoms with Crippen LogP contribution in [-0.2, 0) is 32.6 Å². The van der Waals surface area contributed by atoms with Crippen LogP contribution >= 0.6 is 23.2 Å². The Morgan fingerprint density at radius 1 is 0.863 bits per heavy atom. The summed E-state index contributed by atoms with van der Waals surface area (Å²) in [5.41, 5.74) is 2.59. The number of halogens is 2. The maximum Gasteiger partial charge on any atom is 0.264 e. The molecule has 1 N–H and O–H groups in total. The molecule has 9 nitrogen and oxygen atoms in total. The third-order valence-corrected chi connectivity index (χ3v) is 11.5. The van der Waals surface area contributed by atoms with Gasteiger partial charge < -0.3 is 19.7 Å². The number of nitrogens with zero attached hydrogens (tertiary/aromatic N) is 2. The first-order valence-corrected chi connectivity index (χ1v) is 19.1. The minimum absolute atomic E-state index is 0.0184. The average molecular weight is 753 g/mol. The standard InChI is InChI=1S/C39H43Cl2N3O6S/c1-27-14-18-32(19-15-27)44(51(47,48)33-20-21-36(49-2)37(24-33)50-3)26-38(45)43(25-29-16-17-30(40)23-34(29)41)35(22-28-10-6-4-7-11-28)39(46)42-31-12-8-5-9-13-31/h4,6-7,10-11,14-21,23-24,31,35H,5,8-9,12-13,22,25-26H2,1-3H3,(H,42,46). The van der Waals surface area contributed by atoms with E-state index in [-0.39, 0.29) is 41.2 Å². The average Bonchev–Trinajstić information content (AvgIpc) is 3.13. The summed E-state index contributed by atoms with van der Waals surface area (Å²) in [4.78, 5) is 30.5. The smallest absolute Gasteiger partial charge is 0.264 e. The van der Waals surface area contributed by atoms with Gasteiger partial charge in [0.1, 0.15) is 12.6 Å². The zero-order valence-electron chi connectivity index (χ0n) is 29.0. The van der Waals surface area contributed by atoms with Crippen molar-refractivity contribution in [1.82, 2.24) is 10.2 Å². The molecule has 0 heterocycles. The number of rotatable bonds is 14. The number of hydrogen-bond acceptors (Lipinski definition) is 6. The molecule has 270 valence electrons. The minimum Gasteiger partial charge on any atom is -0.493 e. The summed E-state index contributed by atoms with van der Waals surface area (Å²) >= 11 is 12.9. The molecule has 51 heavy (non-hydrogen) atoms. The van der Waals surface area contributed by atoms with Gasteiger partial charge in [0.2, 0.25) is 11.8 Å². The molecule has 0 spiro atoms. The number of amides is 2. The molecule has 1 fully saturated rings. The van der Waals surface area contributed by atoms with Crippen molar-refractivity contribution < 1.29 is 27.5 Å². The molecular formula is C39H43Cl2N3O6S. The van der Waals surface area contributed by atoms with Gasteiger partial charge in [-0.05, 0) is 67.3 Å². The van der Waals surface area contributed by atoms with Gasteiger partial charge in [0.15, 0.2) is 11.5 Å². The Hall–Kier alpha value is -4.25. The van der Waals surface area contributed by atoms with Gasteiger partial charge in [-0.25, -0.2) is 8.42 Å². The lowest BCUT2D eigenvalue weighted by atomic mass is 9.94. The maximum atomic E-state index is 14.8. The summed E-state index contributed by atoms with van der Waals surface area (Å²) in [6, 6.07) is 24.5. The first kappa shape index (κ1) is 38.0. The molecule has 1 unspecified atom stereocenters. The SMILES string of the molecule is COc1ccc(S(=O)(=O)N(CC(=O)N(Cc2ccc(Cl)cc2Cl)C(Cc2ccccc2)C(=O)NC2CCCCC2)c2ccc(C)cc2)cc1OC. The summed E-state index contributed by atoms with van der Waals surface area (Å²) in [5.74, 6) is -0.331. The molecule has 4 aromatic carbocycles. The van der Waals surface area contributed by atoms with E-state index in [1.807, 2.05) is 37.3 Å². The Morgan fingerprint density at radius 3 is 2.20 bits per heavy atom. The Labute approximate surface area is 310 Å². The molecule has 1 aliphatic rings. The van der Waals surface area contributed by atoms with Gasteiger partial charge in [-0.2, -0.15) is 0 Å². The lowest BCUT2D eigenvalue weighted by Gasteiger charge is -2.35. The van der Waals surface area contributed by atoms with Crippen LogP contribution in [0.4, 0.5) is 5.69 Å². The topological polar surface area (TPSA) is 105 Å². The number of carbonyl (C=O) groups is 2. The Kier molecular flexibility index (Phi) is 12.9. The number of carbonyl (C=O) groups excluding carboxylic acids is 2. The van der Waals surface area contributed by atoms with E-state index in [0.29, 0.717) is 21.4 Å². The fourth-order valence-electron chi connectivity index (χ4n) is 6.28. The number of anilines is 1. The number of methoxy groups -OCH3 is 2. The highest BCUT2D eigenvalue weighted by molar-refractivity contribution is 7.92. The molecule has 0 radical (unpaired) electrons.